The van der Waals surface area contributed by atoms with Gasteiger partial charge in [0.1, 0.15) is 6.04 Å². The molecule has 0 aliphatic rings. The molecule has 3 N–H and O–H groups in total. The van der Waals surface area contributed by atoms with Crippen molar-refractivity contribution in [2.75, 3.05) is 7.11 Å². The number of carbonyl (C=O) groups is 1. The van der Waals surface area contributed by atoms with Crippen LogP contribution in [-0.4, -0.2) is 24.1 Å². The molecule has 84 valence electrons. The Bertz CT molecular complexity index is 471. The molecule has 0 radical (unpaired) electrons. The van der Waals surface area contributed by atoms with E-state index in [1.807, 2.05) is 30.3 Å². The highest BCUT2D eigenvalue weighted by Crippen LogP contribution is 2.15. The van der Waals surface area contributed by atoms with E-state index in [9.17, 15) is 4.79 Å². The molecule has 1 aromatic heterocycles. The maximum atomic E-state index is 11.2. The minimum absolute atomic E-state index is 0.390. The number of aromatic amines is 1. The molecule has 1 aromatic carbocycles. The monoisotopic (exact) mass is 218 g/mol. The molecule has 1 atom stereocenters. The van der Waals surface area contributed by atoms with E-state index >= 15 is 0 Å². The molecule has 16 heavy (non-hydrogen) atoms. The molecular formula is C12H14N2O2. The quantitative estimate of drug-likeness (QED) is 0.761. The molecule has 2 aromatic rings. The van der Waals surface area contributed by atoms with Gasteiger partial charge in [-0.2, -0.15) is 0 Å². The van der Waals surface area contributed by atoms with Crippen LogP contribution < -0.4 is 5.73 Å². The van der Waals surface area contributed by atoms with Gasteiger partial charge in [-0.25, -0.2) is 0 Å². The first kappa shape index (κ1) is 10.7. The Morgan fingerprint density at radius 2 is 2.25 bits per heavy atom. The van der Waals surface area contributed by atoms with Crippen molar-refractivity contribution in [3.05, 3.63) is 36.0 Å². The number of para-hydroxylation sites is 1. The van der Waals surface area contributed by atoms with Gasteiger partial charge in [-0.05, 0) is 17.5 Å². The van der Waals surface area contributed by atoms with Crippen LogP contribution in [0, 0.1) is 0 Å². The summed E-state index contributed by atoms with van der Waals surface area (Å²) in [5.41, 5.74) is 7.68. The maximum absolute atomic E-state index is 11.2. The van der Waals surface area contributed by atoms with E-state index in [1.165, 1.54) is 7.11 Å². The molecule has 0 amide bonds. The normalized spacial score (nSPS) is 12.6. The van der Waals surface area contributed by atoms with Crippen LogP contribution in [0.4, 0.5) is 0 Å². The summed E-state index contributed by atoms with van der Waals surface area (Å²) in [6.45, 7) is 0. The number of H-pyrrole nitrogens is 1. The number of aromatic nitrogens is 1. The zero-order valence-electron chi connectivity index (χ0n) is 9.07. The minimum Gasteiger partial charge on any atom is -0.468 e. The smallest absolute Gasteiger partial charge is 0.323 e. The molecule has 4 heteroatoms. The van der Waals surface area contributed by atoms with Crippen molar-refractivity contribution in [3.8, 4) is 0 Å². The Morgan fingerprint density at radius 1 is 1.50 bits per heavy atom. The molecule has 0 aliphatic carbocycles. The van der Waals surface area contributed by atoms with Gasteiger partial charge in [0.2, 0.25) is 0 Å². The lowest BCUT2D eigenvalue weighted by molar-refractivity contribution is -0.142. The molecule has 1 unspecified atom stereocenters. The van der Waals surface area contributed by atoms with Gasteiger partial charge in [-0.3, -0.25) is 4.79 Å². The summed E-state index contributed by atoms with van der Waals surface area (Å²) >= 11 is 0. The Balaban J connectivity index is 2.18. The molecule has 0 saturated heterocycles. The number of rotatable bonds is 3. The van der Waals surface area contributed by atoms with Gasteiger partial charge in [0.05, 0.1) is 7.11 Å². The van der Waals surface area contributed by atoms with E-state index in [0.29, 0.717) is 6.42 Å². The van der Waals surface area contributed by atoms with Crippen molar-refractivity contribution in [2.45, 2.75) is 12.5 Å². The molecular weight excluding hydrogens is 204 g/mol. The fourth-order valence-corrected chi connectivity index (χ4v) is 1.72. The first-order valence-electron chi connectivity index (χ1n) is 5.11. The number of benzene rings is 1. The molecule has 0 spiro atoms. The van der Waals surface area contributed by atoms with Crippen molar-refractivity contribution in [1.82, 2.24) is 4.98 Å². The number of nitrogens with two attached hydrogens (primary N) is 1. The number of fused-ring (bicyclic) bond motifs is 1. The molecule has 0 aliphatic heterocycles. The van der Waals surface area contributed by atoms with Crippen LogP contribution in [0.25, 0.3) is 10.9 Å². The Labute approximate surface area is 93.4 Å². The second-order valence-corrected chi connectivity index (χ2v) is 3.72. The third kappa shape index (κ3) is 2.06. The van der Waals surface area contributed by atoms with Gasteiger partial charge in [0.25, 0.3) is 0 Å². The van der Waals surface area contributed by atoms with Crippen molar-refractivity contribution in [2.24, 2.45) is 5.73 Å². The van der Waals surface area contributed by atoms with Crippen LogP contribution in [-0.2, 0) is 16.0 Å². The van der Waals surface area contributed by atoms with Gasteiger partial charge in [0.15, 0.2) is 0 Å². The SMILES string of the molecule is COC(=O)C(N)Cc1cc2ccccc2[nH]1. The topological polar surface area (TPSA) is 68.1 Å². The van der Waals surface area contributed by atoms with Gasteiger partial charge in [-0.15, -0.1) is 0 Å². The summed E-state index contributed by atoms with van der Waals surface area (Å²) in [4.78, 5) is 14.4. The Hall–Kier alpha value is -1.81. The number of esters is 1. The molecule has 0 fully saturated rings. The van der Waals surface area contributed by atoms with Gasteiger partial charge in [-0.1, -0.05) is 18.2 Å². The molecule has 1 heterocycles. The largest absolute Gasteiger partial charge is 0.468 e. The predicted octanol–water partition coefficient (Wildman–Crippen LogP) is 1.21. The van der Waals surface area contributed by atoms with Crippen LogP contribution in [0.15, 0.2) is 30.3 Å². The van der Waals surface area contributed by atoms with E-state index < -0.39 is 12.0 Å². The van der Waals surface area contributed by atoms with Crippen LogP contribution in [0.2, 0.25) is 0 Å². The summed E-state index contributed by atoms with van der Waals surface area (Å²) in [5, 5.41) is 1.12. The second kappa shape index (κ2) is 4.37. The molecule has 4 nitrogen and oxygen atoms in total. The highest BCUT2D eigenvalue weighted by Gasteiger charge is 2.15. The lowest BCUT2D eigenvalue weighted by Gasteiger charge is -2.06. The Kier molecular flexibility index (Phi) is 2.92. The summed E-state index contributed by atoms with van der Waals surface area (Å²) in [6, 6.07) is 9.32. The first-order chi connectivity index (χ1) is 7.70. The van der Waals surface area contributed by atoms with Gasteiger partial charge in [0, 0.05) is 17.6 Å². The zero-order valence-corrected chi connectivity index (χ0v) is 9.07. The van der Waals surface area contributed by atoms with E-state index in [-0.39, 0.29) is 0 Å². The minimum atomic E-state index is -0.613. The van der Waals surface area contributed by atoms with E-state index in [2.05, 4.69) is 9.72 Å². The molecule has 0 bridgehead atoms. The van der Waals surface area contributed by atoms with Gasteiger partial charge >= 0.3 is 5.97 Å². The van der Waals surface area contributed by atoms with Gasteiger partial charge < -0.3 is 15.5 Å². The average molecular weight is 218 g/mol. The predicted molar refractivity (Wildman–Crippen MR) is 62.0 cm³/mol. The van der Waals surface area contributed by atoms with E-state index in [0.717, 1.165) is 16.6 Å². The Morgan fingerprint density at radius 3 is 2.94 bits per heavy atom. The van der Waals surface area contributed by atoms with Crippen molar-refractivity contribution in [3.63, 3.8) is 0 Å². The number of nitrogens with one attached hydrogen (secondary N) is 1. The second-order valence-electron chi connectivity index (χ2n) is 3.72. The fraction of sp³-hybridized carbons (Fsp3) is 0.250. The number of carbonyl (C=O) groups excluding carboxylic acids is 1. The van der Waals surface area contributed by atoms with Crippen LogP contribution >= 0.6 is 0 Å². The maximum Gasteiger partial charge on any atom is 0.323 e. The average Bonchev–Trinajstić information content (AvgIpc) is 2.69. The molecule has 0 saturated carbocycles. The third-order valence-electron chi connectivity index (χ3n) is 2.53. The van der Waals surface area contributed by atoms with Crippen LogP contribution in [0.3, 0.4) is 0 Å². The fourth-order valence-electron chi connectivity index (χ4n) is 1.72. The van der Waals surface area contributed by atoms with Crippen molar-refractivity contribution in [1.29, 1.82) is 0 Å². The summed E-state index contributed by atoms with van der Waals surface area (Å²) in [7, 11) is 1.34. The lowest BCUT2D eigenvalue weighted by atomic mass is 10.1. The third-order valence-corrected chi connectivity index (χ3v) is 2.53. The number of hydrogen-bond donors (Lipinski definition) is 2. The summed E-state index contributed by atoms with van der Waals surface area (Å²) in [6.07, 6.45) is 0.460. The first-order valence-corrected chi connectivity index (χ1v) is 5.11. The van der Waals surface area contributed by atoms with E-state index in [4.69, 9.17) is 5.73 Å². The zero-order chi connectivity index (χ0) is 11.5. The standard InChI is InChI=1S/C12H14N2O2/c1-16-12(15)10(13)7-9-6-8-4-2-3-5-11(8)14-9/h2-6,10,14H,7,13H2,1H3. The van der Waals surface area contributed by atoms with Crippen molar-refractivity contribution < 1.29 is 9.53 Å². The lowest BCUT2D eigenvalue weighted by Crippen LogP contribution is -2.33. The van der Waals surface area contributed by atoms with E-state index in [1.54, 1.807) is 0 Å². The number of hydrogen-bond acceptors (Lipinski definition) is 3. The summed E-state index contributed by atoms with van der Waals surface area (Å²) < 4.78 is 4.58. The highest BCUT2D eigenvalue weighted by molar-refractivity contribution is 5.81. The molecule has 2 rings (SSSR count). The highest BCUT2D eigenvalue weighted by atomic mass is 16.5. The summed E-state index contributed by atoms with van der Waals surface area (Å²) in [5.74, 6) is -0.390. The van der Waals surface area contributed by atoms with Crippen LogP contribution in [0.5, 0.6) is 0 Å². The number of ether oxygens (including phenoxy) is 1. The van der Waals surface area contributed by atoms with Crippen LogP contribution in [0.1, 0.15) is 5.69 Å². The number of methoxy groups -OCH3 is 1. The van der Waals surface area contributed by atoms with Crippen molar-refractivity contribution >= 4 is 16.9 Å².